The van der Waals surface area contributed by atoms with Crippen molar-refractivity contribution in [1.29, 1.82) is 0 Å². The standard InChI is InChI=1S/C20H23F3N4O2/c1-2-29-18(28)6-3-13-11-16(23)20(27-9-7-24-8-10-27)26-19(13)25-17-5-4-14(21)12-15(17)22/h4-5,11-12,24H,2-3,6-10H2,1H3,(H,25,26). The van der Waals surface area contributed by atoms with Gasteiger partial charge in [-0.3, -0.25) is 4.79 Å². The number of aryl methyl sites for hydroxylation is 1. The number of carbonyl (C=O) groups is 1. The monoisotopic (exact) mass is 408 g/mol. The number of nitrogens with one attached hydrogen (secondary N) is 2. The molecule has 6 nitrogen and oxygen atoms in total. The number of rotatable bonds is 7. The first kappa shape index (κ1) is 20.9. The van der Waals surface area contributed by atoms with Gasteiger partial charge >= 0.3 is 5.97 Å². The van der Waals surface area contributed by atoms with Crippen molar-refractivity contribution in [2.75, 3.05) is 43.0 Å². The summed E-state index contributed by atoms with van der Waals surface area (Å²) in [5.74, 6) is -2.07. The second-order valence-electron chi connectivity index (χ2n) is 6.59. The maximum atomic E-state index is 14.8. The lowest BCUT2D eigenvalue weighted by atomic mass is 10.1. The van der Waals surface area contributed by atoms with Crippen molar-refractivity contribution >= 4 is 23.3 Å². The minimum absolute atomic E-state index is 0.00848. The van der Waals surface area contributed by atoms with E-state index in [-0.39, 0.29) is 36.8 Å². The number of aromatic nitrogens is 1. The molecular formula is C20H23F3N4O2. The zero-order chi connectivity index (χ0) is 20.8. The number of hydrogen-bond acceptors (Lipinski definition) is 6. The maximum absolute atomic E-state index is 14.8. The van der Waals surface area contributed by atoms with Gasteiger partial charge in [0.2, 0.25) is 0 Å². The predicted molar refractivity (Wildman–Crippen MR) is 104 cm³/mol. The summed E-state index contributed by atoms with van der Waals surface area (Å²) < 4.78 is 47.0. The molecule has 1 aliphatic rings. The quantitative estimate of drug-likeness (QED) is 0.687. The molecule has 9 heteroatoms. The highest BCUT2D eigenvalue weighted by molar-refractivity contribution is 5.71. The summed E-state index contributed by atoms with van der Waals surface area (Å²) in [6.07, 6.45) is 0.193. The summed E-state index contributed by atoms with van der Waals surface area (Å²) >= 11 is 0. The molecule has 0 aliphatic carbocycles. The van der Waals surface area contributed by atoms with E-state index in [0.29, 0.717) is 31.7 Å². The molecule has 1 aromatic heterocycles. The van der Waals surface area contributed by atoms with Crippen LogP contribution >= 0.6 is 0 Å². The van der Waals surface area contributed by atoms with Gasteiger partial charge in [-0.05, 0) is 37.1 Å². The van der Waals surface area contributed by atoms with E-state index in [2.05, 4.69) is 15.6 Å². The van der Waals surface area contributed by atoms with Crippen LogP contribution in [0.5, 0.6) is 0 Å². The lowest BCUT2D eigenvalue weighted by molar-refractivity contribution is -0.143. The van der Waals surface area contributed by atoms with Gasteiger partial charge in [0.05, 0.1) is 12.3 Å². The van der Waals surface area contributed by atoms with Crippen LogP contribution in [0.3, 0.4) is 0 Å². The van der Waals surface area contributed by atoms with E-state index in [9.17, 15) is 18.0 Å². The second-order valence-corrected chi connectivity index (χ2v) is 6.59. The van der Waals surface area contributed by atoms with Crippen molar-refractivity contribution in [2.45, 2.75) is 19.8 Å². The first-order chi connectivity index (χ1) is 14.0. The minimum atomic E-state index is -0.795. The molecule has 0 bridgehead atoms. The van der Waals surface area contributed by atoms with Crippen LogP contribution in [-0.2, 0) is 16.0 Å². The number of carbonyl (C=O) groups excluding carboxylic acids is 1. The number of ether oxygens (including phenoxy) is 1. The van der Waals surface area contributed by atoms with Crippen molar-refractivity contribution < 1.29 is 22.7 Å². The lowest BCUT2D eigenvalue weighted by Crippen LogP contribution is -2.44. The van der Waals surface area contributed by atoms with Gasteiger partial charge in [0, 0.05) is 38.7 Å². The SMILES string of the molecule is CCOC(=O)CCc1cc(F)c(N2CCNCC2)nc1Nc1ccc(F)cc1F. The first-order valence-electron chi connectivity index (χ1n) is 9.50. The fourth-order valence-corrected chi connectivity index (χ4v) is 3.10. The highest BCUT2D eigenvalue weighted by Gasteiger charge is 2.20. The minimum Gasteiger partial charge on any atom is -0.466 e. The van der Waals surface area contributed by atoms with Gasteiger partial charge in [-0.25, -0.2) is 18.2 Å². The van der Waals surface area contributed by atoms with Crippen molar-refractivity contribution in [1.82, 2.24) is 10.3 Å². The van der Waals surface area contributed by atoms with Gasteiger partial charge in [0.15, 0.2) is 11.6 Å². The molecule has 2 heterocycles. The number of hydrogen-bond donors (Lipinski definition) is 2. The Morgan fingerprint density at radius 1 is 1.21 bits per heavy atom. The average Bonchev–Trinajstić information content (AvgIpc) is 2.70. The van der Waals surface area contributed by atoms with Crippen LogP contribution in [0.4, 0.5) is 30.5 Å². The molecule has 156 valence electrons. The number of halogens is 3. The van der Waals surface area contributed by atoms with Gasteiger partial charge in [-0.15, -0.1) is 0 Å². The number of piperazine rings is 1. The summed E-state index contributed by atoms with van der Waals surface area (Å²) in [4.78, 5) is 17.9. The van der Waals surface area contributed by atoms with E-state index in [4.69, 9.17) is 4.74 Å². The fourth-order valence-electron chi connectivity index (χ4n) is 3.10. The summed E-state index contributed by atoms with van der Waals surface area (Å²) in [5.41, 5.74) is 0.410. The number of nitrogens with zero attached hydrogens (tertiary/aromatic N) is 2. The molecule has 3 rings (SSSR count). The molecule has 29 heavy (non-hydrogen) atoms. The summed E-state index contributed by atoms with van der Waals surface area (Å²) in [6, 6.07) is 4.41. The fraction of sp³-hybridized carbons (Fsp3) is 0.400. The van der Waals surface area contributed by atoms with Crippen LogP contribution in [0.2, 0.25) is 0 Å². The van der Waals surface area contributed by atoms with Gasteiger partial charge in [0.25, 0.3) is 0 Å². The third kappa shape index (κ3) is 5.38. The molecule has 0 radical (unpaired) electrons. The molecule has 0 amide bonds. The van der Waals surface area contributed by atoms with E-state index in [1.165, 1.54) is 12.1 Å². The van der Waals surface area contributed by atoms with Gasteiger partial charge in [-0.2, -0.15) is 0 Å². The zero-order valence-electron chi connectivity index (χ0n) is 16.1. The largest absolute Gasteiger partial charge is 0.466 e. The van der Waals surface area contributed by atoms with E-state index >= 15 is 0 Å². The third-order valence-electron chi connectivity index (χ3n) is 4.54. The molecule has 0 atom stereocenters. The molecule has 1 aromatic carbocycles. The van der Waals surface area contributed by atoms with Crippen molar-refractivity contribution in [3.05, 3.63) is 47.3 Å². The highest BCUT2D eigenvalue weighted by atomic mass is 19.1. The lowest BCUT2D eigenvalue weighted by Gasteiger charge is -2.29. The van der Waals surface area contributed by atoms with Crippen LogP contribution in [-0.4, -0.2) is 43.7 Å². The van der Waals surface area contributed by atoms with Crippen LogP contribution in [0.25, 0.3) is 0 Å². The average molecular weight is 408 g/mol. The van der Waals surface area contributed by atoms with Crippen molar-refractivity contribution in [3.8, 4) is 0 Å². The molecule has 0 unspecified atom stereocenters. The Labute approximate surface area is 167 Å². The molecule has 1 saturated heterocycles. The third-order valence-corrected chi connectivity index (χ3v) is 4.54. The Hall–Kier alpha value is -2.81. The van der Waals surface area contributed by atoms with Crippen molar-refractivity contribution in [3.63, 3.8) is 0 Å². The summed E-state index contributed by atoms with van der Waals surface area (Å²) in [5, 5.41) is 6.00. The van der Waals surface area contributed by atoms with E-state index in [1.54, 1.807) is 11.8 Å². The summed E-state index contributed by atoms with van der Waals surface area (Å²) in [7, 11) is 0. The number of esters is 1. The first-order valence-corrected chi connectivity index (χ1v) is 9.50. The molecular weight excluding hydrogens is 385 g/mol. The van der Waals surface area contributed by atoms with Crippen LogP contribution < -0.4 is 15.5 Å². The van der Waals surface area contributed by atoms with E-state index in [0.717, 1.165) is 12.1 Å². The Kier molecular flexibility index (Phi) is 6.92. The molecule has 2 N–H and O–H groups in total. The normalized spacial score (nSPS) is 14.0. The Morgan fingerprint density at radius 3 is 2.66 bits per heavy atom. The molecule has 2 aromatic rings. The summed E-state index contributed by atoms with van der Waals surface area (Å²) in [6.45, 7) is 4.50. The van der Waals surface area contributed by atoms with Gasteiger partial charge in [0.1, 0.15) is 17.5 Å². The Bertz CT molecular complexity index is 873. The number of anilines is 3. The molecule has 0 saturated carbocycles. The molecule has 1 fully saturated rings. The van der Waals surface area contributed by atoms with Crippen molar-refractivity contribution in [2.24, 2.45) is 0 Å². The Balaban J connectivity index is 1.92. The van der Waals surface area contributed by atoms with E-state index < -0.39 is 23.4 Å². The van der Waals surface area contributed by atoms with E-state index in [1.807, 2.05) is 0 Å². The second kappa shape index (κ2) is 9.60. The topological polar surface area (TPSA) is 66.5 Å². The van der Waals surface area contributed by atoms with Crippen LogP contribution in [0, 0.1) is 17.5 Å². The number of benzene rings is 1. The van der Waals surface area contributed by atoms with Gasteiger partial charge in [-0.1, -0.05) is 0 Å². The molecule has 0 spiro atoms. The molecule has 1 aliphatic heterocycles. The number of pyridine rings is 1. The Morgan fingerprint density at radius 2 is 1.97 bits per heavy atom. The van der Waals surface area contributed by atoms with Gasteiger partial charge < -0.3 is 20.3 Å². The highest BCUT2D eigenvalue weighted by Crippen LogP contribution is 2.28. The zero-order valence-corrected chi connectivity index (χ0v) is 16.1. The van der Waals surface area contributed by atoms with Crippen LogP contribution in [0.15, 0.2) is 24.3 Å². The smallest absolute Gasteiger partial charge is 0.306 e. The maximum Gasteiger partial charge on any atom is 0.306 e. The predicted octanol–water partition coefficient (Wildman–Crippen LogP) is 3.15. The van der Waals surface area contributed by atoms with Crippen LogP contribution in [0.1, 0.15) is 18.9 Å².